The number of hydrogen-bond acceptors (Lipinski definition) is 2. The molecule has 1 heterocycles. The molecule has 0 unspecified atom stereocenters. The van der Waals surface area contributed by atoms with Crippen molar-refractivity contribution in [3.05, 3.63) is 12.7 Å². The van der Waals surface area contributed by atoms with Gasteiger partial charge in [-0.1, -0.05) is 0 Å². The normalized spacial score (nSPS) is 6.67. The minimum absolute atomic E-state index is 0. The molecule has 1 aromatic heterocycles. The topological polar surface area (TPSA) is 41.6 Å². The Morgan fingerprint density at radius 1 is 1.50 bits per heavy atom. The van der Waals surface area contributed by atoms with Crippen LogP contribution in [0.25, 0.3) is 0 Å². The second-order valence-corrected chi connectivity index (χ2v) is 0.652. The third-order valence-corrected chi connectivity index (χ3v) is 0.331. The van der Waals surface area contributed by atoms with Crippen molar-refractivity contribution >= 4 is 0 Å². The van der Waals surface area contributed by atoms with Crippen molar-refractivity contribution in [2.45, 2.75) is 0 Å². The Morgan fingerprint density at radius 2 is 2.33 bits per heavy atom. The van der Waals surface area contributed by atoms with Crippen molar-refractivity contribution in [3.8, 4) is 0 Å². The minimum Gasteiger partial charge on any atom is -0.266 e. The van der Waals surface area contributed by atoms with Crippen molar-refractivity contribution in [2.75, 3.05) is 0 Å². The molecule has 34 valence electrons. The maximum absolute atomic E-state index is 3.56. The van der Waals surface area contributed by atoms with E-state index in [0.717, 1.165) is 0 Å². The van der Waals surface area contributed by atoms with E-state index in [1.54, 1.807) is 0 Å². The molecule has 0 saturated carbocycles. The first kappa shape index (κ1) is 5.76. The standard InChI is InChI=1S/C2H3N3.Ru/c1-3-2-5-4-1;/h1-2H,(H,3,4,5);. The smallest absolute Gasteiger partial charge is 0.137 e. The summed E-state index contributed by atoms with van der Waals surface area (Å²) in [5.74, 6) is 0. The molecule has 0 bridgehead atoms. The Labute approximate surface area is 47.9 Å². The van der Waals surface area contributed by atoms with Gasteiger partial charge in [-0.05, 0) is 0 Å². The van der Waals surface area contributed by atoms with Gasteiger partial charge < -0.3 is 0 Å². The molecule has 0 aliphatic rings. The van der Waals surface area contributed by atoms with E-state index in [9.17, 15) is 0 Å². The molecule has 0 amide bonds. The fourth-order valence-electron chi connectivity index (χ4n) is 0.167. The average Bonchev–Trinajstić information content (AvgIpc) is 1.76. The van der Waals surface area contributed by atoms with E-state index in [1.165, 1.54) is 12.7 Å². The zero-order valence-electron chi connectivity index (χ0n) is 2.90. The molecule has 1 rings (SSSR count). The molecule has 4 heteroatoms. The van der Waals surface area contributed by atoms with Gasteiger partial charge in [-0.15, -0.1) is 0 Å². The molecule has 0 spiro atoms. The first-order valence-electron chi connectivity index (χ1n) is 1.29. The van der Waals surface area contributed by atoms with Crippen molar-refractivity contribution in [2.24, 2.45) is 0 Å². The first-order valence-corrected chi connectivity index (χ1v) is 1.29. The minimum atomic E-state index is 0. The largest absolute Gasteiger partial charge is 0.266 e. The molecule has 0 saturated heterocycles. The van der Waals surface area contributed by atoms with Gasteiger partial charge in [0.05, 0.1) is 0 Å². The van der Waals surface area contributed by atoms with Crippen molar-refractivity contribution in [3.63, 3.8) is 0 Å². The predicted molar refractivity (Wildman–Crippen MR) is 16.4 cm³/mol. The van der Waals surface area contributed by atoms with Crippen LogP contribution in [0.2, 0.25) is 0 Å². The molecular weight excluding hydrogens is 167 g/mol. The molecule has 1 N–H and O–H groups in total. The summed E-state index contributed by atoms with van der Waals surface area (Å²) in [6.07, 6.45) is 2.96. The third kappa shape index (κ3) is 1.27. The molecule has 1 aromatic rings. The Balaban J connectivity index is 0.000000250. The van der Waals surface area contributed by atoms with Crippen LogP contribution in [0.4, 0.5) is 0 Å². The van der Waals surface area contributed by atoms with Gasteiger partial charge in [-0.2, -0.15) is 5.10 Å². The van der Waals surface area contributed by atoms with Crippen molar-refractivity contribution < 1.29 is 19.5 Å². The van der Waals surface area contributed by atoms with Gasteiger partial charge in [0.25, 0.3) is 0 Å². The molecule has 0 radical (unpaired) electrons. The Morgan fingerprint density at radius 3 is 2.50 bits per heavy atom. The second kappa shape index (κ2) is 2.97. The van der Waals surface area contributed by atoms with Crippen LogP contribution in [-0.2, 0) is 19.5 Å². The maximum atomic E-state index is 3.56. The number of aromatic amines is 1. The summed E-state index contributed by atoms with van der Waals surface area (Å²) in [6.45, 7) is 0. The van der Waals surface area contributed by atoms with E-state index in [0.29, 0.717) is 0 Å². The molecule has 0 aromatic carbocycles. The van der Waals surface area contributed by atoms with Crippen LogP contribution < -0.4 is 0 Å². The van der Waals surface area contributed by atoms with Gasteiger partial charge in [-0.25, -0.2) is 4.98 Å². The SMILES string of the molecule is [Ru].c1nc[nH]n1. The Bertz CT molecular complexity index is 65.3. The number of aromatic nitrogens is 3. The van der Waals surface area contributed by atoms with Crippen LogP contribution in [0.15, 0.2) is 12.7 Å². The number of rotatable bonds is 0. The molecule has 3 nitrogen and oxygen atoms in total. The van der Waals surface area contributed by atoms with Crippen molar-refractivity contribution in [1.82, 2.24) is 15.2 Å². The summed E-state index contributed by atoms with van der Waals surface area (Å²) in [4.78, 5) is 3.56. The summed E-state index contributed by atoms with van der Waals surface area (Å²) < 4.78 is 0. The summed E-state index contributed by atoms with van der Waals surface area (Å²) in [6, 6.07) is 0. The maximum Gasteiger partial charge on any atom is 0.137 e. The third-order valence-electron chi connectivity index (χ3n) is 0.331. The molecule has 0 aliphatic heterocycles. The Kier molecular flexibility index (Phi) is 2.86. The molecule has 0 atom stereocenters. The second-order valence-electron chi connectivity index (χ2n) is 0.652. The Hall–Kier alpha value is -0.237. The van der Waals surface area contributed by atoms with Gasteiger partial charge in [0.1, 0.15) is 12.7 Å². The molecule has 0 aliphatic carbocycles. The van der Waals surface area contributed by atoms with E-state index in [1.807, 2.05) is 0 Å². The molecular formula is C2H3N3Ru. The summed E-state index contributed by atoms with van der Waals surface area (Å²) in [7, 11) is 0. The molecule has 6 heavy (non-hydrogen) atoms. The van der Waals surface area contributed by atoms with Gasteiger partial charge in [0.15, 0.2) is 0 Å². The first-order chi connectivity index (χ1) is 2.50. The van der Waals surface area contributed by atoms with Crippen LogP contribution in [0, 0.1) is 0 Å². The van der Waals surface area contributed by atoms with Crippen LogP contribution in [-0.4, -0.2) is 15.2 Å². The van der Waals surface area contributed by atoms with Gasteiger partial charge in [-0.3, -0.25) is 5.10 Å². The number of H-pyrrole nitrogens is 1. The van der Waals surface area contributed by atoms with Crippen molar-refractivity contribution in [1.29, 1.82) is 0 Å². The number of nitrogens with zero attached hydrogens (tertiary/aromatic N) is 2. The van der Waals surface area contributed by atoms with Gasteiger partial charge in [0, 0.05) is 19.5 Å². The monoisotopic (exact) mass is 171 g/mol. The van der Waals surface area contributed by atoms with E-state index in [-0.39, 0.29) is 19.5 Å². The number of hydrogen-bond donors (Lipinski definition) is 1. The average molecular weight is 170 g/mol. The van der Waals surface area contributed by atoms with Crippen LogP contribution in [0.5, 0.6) is 0 Å². The fourth-order valence-corrected chi connectivity index (χ4v) is 0.167. The zero-order valence-corrected chi connectivity index (χ0v) is 4.64. The van der Waals surface area contributed by atoms with Gasteiger partial charge >= 0.3 is 0 Å². The summed E-state index contributed by atoms with van der Waals surface area (Å²) >= 11 is 0. The summed E-state index contributed by atoms with van der Waals surface area (Å²) in [5, 5.41) is 5.99. The number of nitrogens with one attached hydrogen (secondary N) is 1. The van der Waals surface area contributed by atoms with E-state index < -0.39 is 0 Å². The van der Waals surface area contributed by atoms with Crippen LogP contribution in [0.3, 0.4) is 0 Å². The van der Waals surface area contributed by atoms with E-state index >= 15 is 0 Å². The van der Waals surface area contributed by atoms with Crippen LogP contribution in [0.1, 0.15) is 0 Å². The fraction of sp³-hybridized carbons (Fsp3) is 0. The summed E-state index contributed by atoms with van der Waals surface area (Å²) in [5.41, 5.74) is 0. The quantitative estimate of drug-likeness (QED) is 0.548. The van der Waals surface area contributed by atoms with Crippen LogP contribution >= 0.6 is 0 Å². The predicted octanol–water partition coefficient (Wildman–Crippen LogP) is -0.198. The zero-order chi connectivity index (χ0) is 3.54. The molecule has 0 fully saturated rings. The van der Waals surface area contributed by atoms with E-state index in [2.05, 4.69) is 15.2 Å². The van der Waals surface area contributed by atoms with E-state index in [4.69, 9.17) is 0 Å². The van der Waals surface area contributed by atoms with Gasteiger partial charge in [0.2, 0.25) is 0 Å².